The monoisotopic (exact) mass is 248 g/mol. The summed E-state index contributed by atoms with van der Waals surface area (Å²) in [5.74, 6) is -0.315. The quantitative estimate of drug-likeness (QED) is 0.622. The Kier molecular flexibility index (Phi) is 2.26. The Bertz CT molecular complexity index is 695. The van der Waals surface area contributed by atoms with E-state index in [0.29, 0.717) is 16.9 Å². The van der Waals surface area contributed by atoms with Crippen molar-refractivity contribution in [3.8, 4) is 5.69 Å². The first-order valence-electron chi connectivity index (χ1n) is 4.85. The summed E-state index contributed by atoms with van der Waals surface area (Å²) in [6.45, 7) is 0. The molecular formula is C11H6ClFN4. The molecule has 1 aromatic carbocycles. The third-order valence-corrected chi connectivity index (χ3v) is 2.65. The Morgan fingerprint density at radius 2 is 2.06 bits per heavy atom. The van der Waals surface area contributed by atoms with Gasteiger partial charge in [-0.25, -0.2) is 19.3 Å². The maximum atomic E-state index is 13.1. The van der Waals surface area contributed by atoms with Crippen LogP contribution in [0.5, 0.6) is 0 Å². The number of aromatic nitrogens is 4. The average Bonchev–Trinajstić information content (AvgIpc) is 2.74. The van der Waals surface area contributed by atoms with Crippen molar-refractivity contribution in [2.45, 2.75) is 0 Å². The Labute approximate surface area is 101 Å². The van der Waals surface area contributed by atoms with Gasteiger partial charge in [0.25, 0.3) is 0 Å². The lowest BCUT2D eigenvalue weighted by molar-refractivity contribution is 0.626. The summed E-state index contributed by atoms with van der Waals surface area (Å²) in [4.78, 5) is 12.0. The van der Waals surface area contributed by atoms with Crippen molar-refractivity contribution >= 4 is 22.8 Å². The van der Waals surface area contributed by atoms with Crippen molar-refractivity contribution in [1.82, 2.24) is 19.5 Å². The highest BCUT2D eigenvalue weighted by molar-refractivity contribution is 6.33. The lowest BCUT2D eigenvalue weighted by atomic mass is 10.3. The van der Waals surface area contributed by atoms with E-state index in [2.05, 4.69) is 15.0 Å². The van der Waals surface area contributed by atoms with Crippen molar-refractivity contribution in [2.24, 2.45) is 0 Å². The largest absolute Gasteiger partial charge is 0.283 e. The van der Waals surface area contributed by atoms with E-state index in [1.165, 1.54) is 18.5 Å². The maximum absolute atomic E-state index is 13.1. The molecule has 17 heavy (non-hydrogen) atoms. The summed E-state index contributed by atoms with van der Waals surface area (Å²) in [7, 11) is 0. The van der Waals surface area contributed by atoms with Crippen LogP contribution in [0, 0.1) is 5.82 Å². The molecule has 2 aromatic heterocycles. The smallest absolute Gasteiger partial charge is 0.169 e. The number of benzene rings is 1. The highest BCUT2D eigenvalue weighted by Gasteiger charge is 2.09. The number of hydrogen-bond acceptors (Lipinski definition) is 3. The normalized spacial score (nSPS) is 10.9. The van der Waals surface area contributed by atoms with Gasteiger partial charge in [0.15, 0.2) is 10.8 Å². The lowest BCUT2D eigenvalue weighted by Gasteiger charge is -2.02. The lowest BCUT2D eigenvalue weighted by Crippen LogP contribution is -1.94. The molecule has 6 heteroatoms. The van der Waals surface area contributed by atoms with Gasteiger partial charge in [0.2, 0.25) is 0 Å². The third-order valence-electron chi connectivity index (χ3n) is 2.38. The predicted octanol–water partition coefficient (Wildman–Crippen LogP) is 2.61. The highest BCUT2D eigenvalue weighted by atomic mass is 35.5. The molecule has 0 aliphatic heterocycles. The van der Waals surface area contributed by atoms with Crippen molar-refractivity contribution in [2.75, 3.05) is 0 Å². The summed E-state index contributed by atoms with van der Waals surface area (Å²) in [6.07, 6.45) is 2.89. The highest BCUT2D eigenvalue weighted by Crippen LogP contribution is 2.20. The molecule has 0 bridgehead atoms. The van der Waals surface area contributed by atoms with Crippen LogP contribution in [0.1, 0.15) is 0 Å². The number of nitrogens with zero attached hydrogens (tertiary/aromatic N) is 4. The molecule has 2 heterocycles. The maximum Gasteiger partial charge on any atom is 0.169 e. The molecule has 3 rings (SSSR count). The molecule has 0 saturated heterocycles. The summed E-state index contributed by atoms with van der Waals surface area (Å²) >= 11 is 5.89. The Balaban J connectivity index is 2.28. The van der Waals surface area contributed by atoms with Gasteiger partial charge in [-0.3, -0.25) is 4.57 Å². The summed E-state index contributed by atoms with van der Waals surface area (Å²) < 4.78 is 14.8. The molecule has 0 aliphatic carbocycles. The van der Waals surface area contributed by atoms with Crippen LogP contribution in [0.4, 0.5) is 4.39 Å². The van der Waals surface area contributed by atoms with E-state index in [-0.39, 0.29) is 11.0 Å². The number of fused-ring (bicyclic) bond motifs is 1. The number of halogens is 2. The minimum absolute atomic E-state index is 0.283. The van der Waals surface area contributed by atoms with Crippen LogP contribution >= 0.6 is 11.6 Å². The summed E-state index contributed by atoms with van der Waals surface area (Å²) in [5, 5.41) is 0.283. The fourth-order valence-electron chi connectivity index (χ4n) is 1.62. The molecule has 0 aliphatic rings. The second-order valence-electron chi connectivity index (χ2n) is 3.43. The molecule has 0 saturated carbocycles. The molecular weight excluding hydrogens is 243 g/mol. The van der Waals surface area contributed by atoms with Crippen LogP contribution in [0.15, 0.2) is 36.9 Å². The zero-order chi connectivity index (χ0) is 11.8. The van der Waals surface area contributed by atoms with E-state index in [9.17, 15) is 4.39 Å². The van der Waals surface area contributed by atoms with Gasteiger partial charge in [-0.15, -0.1) is 0 Å². The van der Waals surface area contributed by atoms with Gasteiger partial charge in [0.05, 0.1) is 5.69 Å². The van der Waals surface area contributed by atoms with Crippen LogP contribution in [-0.2, 0) is 0 Å². The molecule has 0 unspecified atom stereocenters. The Morgan fingerprint density at radius 1 is 1.18 bits per heavy atom. The van der Waals surface area contributed by atoms with E-state index < -0.39 is 0 Å². The van der Waals surface area contributed by atoms with Crippen LogP contribution < -0.4 is 0 Å². The van der Waals surface area contributed by atoms with Gasteiger partial charge in [-0.2, -0.15) is 0 Å². The minimum Gasteiger partial charge on any atom is -0.283 e. The van der Waals surface area contributed by atoms with Crippen LogP contribution in [0.3, 0.4) is 0 Å². The van der Waals surface area contributed by atoms with Crippen LogP contribution in [0.2, 0.25) is 5.15 Å². The first kappa shape index (κ1) is 10.2. The van der Waals surface area contributed by atoms with E-state index >= 15 is 0 Å². The second kappa shape index (κ2) is 3.78. The van der Waals surface area contributed by atoms with E-state index in [1.807, 2.05) is 0 Å². The van der Waals surface area contributed by atoms with Crippen LogP contribution in [0.25, 0.3) is 16.9 Å². The summed E-state index contributed by atoms with van der Waals surface area (Å²) in [6, 6.07) is 6.17. The molecule has 4 nitrogen and oxygen atoms in total. The minimum atomic E-state index is -0.315. The third kappa shape index (κ3) is 1.64. The standard InChI is InChI=1S/C11H6ClFN4/c12-10-9-11(15-5-14-10)17(6-16-9)8-3-1-2-7(13)4-8/h1-6H. The molecule has 0 radical (unpaired) electrons. The summed E-state index contributed by atoms with van der Waals surface area (Å²) in [5.41, 5.74) is 1.69. The molecule has 0 spiro atoms. The van der Waals surface area contributed by atoms with E-state index in [0.717, 1.165) is 0 Å². The number of hydrogen-bond donors (Lipinski definition) is 0. The molecule has 84 valence electrons. The molecule has 0 fully saturated rings. The zero-order valence-electron chi connectivity index (χ0n) is 8.51. The SMILES string of the molecule is Fc1cccc(-n2cnc3c(Cl)ncnc32)c1. The zero-order valence-corrected chi connectivity index (χ0v) is 9.26. The second-order valence-corrected chi connectivity index (χ2v) is 3.79. The Morgan fingerprint density at radius 3 is 2.88 bits per heavy atom. The number of imidazole rings is 1. The van der Waals surface area contributed by atoms with Gasteiger partial charge in [-0.05, 0) is 18.2 Å². The van der Waals surface area contributed by atoms with Crippen molar-refractivity contribution in [3.63, 3.8) is 0 Å². The van der Waals surface area contributed by atoms with Crippen LogP contribution in [-0.4, -0.2) is 19.5 Å². The van der Waals surface area contributed by atoms with E-state index in [4.69, 9.17) is 11.6 Å². The molecule has 3 aromatic rings. The van der Waals surface area contributed by atoms with Gasteiger partial charge in [-0.1, -0.05) is 17.7 Å². The topological polar surface area (TPSA) is 43.6 Å². The average molecular weight is 249 g/mol. The molecule has 0 atom stereocenters. The van der Waals surface area contributed by atoms with Crippen molar-refractivity contribution in [3.05, 3.63) is 47.9 Å². The van der Waals surface area contributed by atoms with Gasteiger partial charge >= 0.3 is 0 Å². The predicted molar refractivity (Wildman–Crippen MR) is 61.6 cm³/mol. The fraction of sp³-hybridized carbons (Fsp3) is 0. The first-order chi connectivity index (χ1) is 8.25. The van der Waals surface area contributed by atoms with Gasteiger partial charge < -0.3 is 0 Å². The fourth-order valence-corrected chi connectivity index (χ4v) is 1.80. The first-order valence-corrected chi connectivity index (χ1v) is 5.23. The van der Waals surface area contributed by atoms with Crippen molar-refractivity contribution in [1.29, 1.82) is 0 Å². The Hall–Kier alpha value is -2.01. The van der Waals surface area contributed by atoms with Crippen molar-refractivity contribution < 1.29 is 4.39 Å². The number of rotatable bonds is 1. The van der Waals surface area contributed by atoms with Gasteiger partial charge in [0, 0.05) is 0 Å². The van der Waals surface area contributed by atoms with E-state index in [1.54, 1.807) is 23.0 Å². The molecule has 0 N–H and O–H groups in total. The molecule has 0 amide bonds. The van der Waals surface area contributed by atoms with Gasteiger partial charge in [0.1, 0.15) is 24.0 Å².